The second-order valence-corrected chi connectivity index (χ2v) is 6.57. The van der Waals surface area contributed by atoms with Gasteiger partial charge in [-0.25, -0.2) is 13.2 Å². The van der Waals surface area contributed by atoms with Gasteiger partial charge in [0, 0.05) is 18.6 Å². The molecule has 0 aliphatic carbocycles. The molecule has 2 aliphatic rings. The van der Waals surface area contributed by atoms with Gasteiger partial charge in [0.25, 0.3) is 0 Å². The van der Waals surface area contributed by atoms with Gasteiger partial charge in [-0.3, -0.25) is 4.90 Å². The van der Waals surface area contributed by atoms with Crippen LogP contribution in [0.2, 0.25) is 0 Å². The average Bonchev–Trinajstić information content (AvgIpc) is 2.81. The van der Waals surface area contributed by atoms with Gasteiger partial charge >= 0.3 is 0 Å². The van der Waals surface area contributed by atoms with Gasteiger partial charge in [-0.15, -0.1) is 0 Å². The Balaban J connectivity index is 1.64. The first-order valence-corrected chi connectivity index (χ1v) is 8.27. The Kier molecular flexibility index (Phi) is 3.93. The van der Waals surface area contributed by atoms with Crippen molar-refractivity contribution in [3.63, 3.8) is 0 Å². The first-order chi connectivity index (χ1) is 11.6. The summed E-state index contributed by atoms with van der Waals surface area (Å²) in [5.41, 5.74) is 1.64. The number of rotatable bonds is 3. The van der Waals surface area contributed by atoms with Gasteiger partial charge in [0.1, 0.15) is 5.82 Å². The maximum Gasteiger partial charge on any atom is 0.169 e. The summed E-state index contributed by atoms with van der Waals surface area (Å²) in [5, 5.41) is 0. The first-order valence-electron chi connectivity index (χ1n) is 8.27. The number of nitrogens with zero attached hydrogens (tertiary/aromatic N) is 1. The lowest BCUT2D eigenvalue weighted by Crippen LogP contribution is -2.37. The maximum atomic E-state index is 14.1. The standard InChI is InChI=1S/C20H18F3N/c21-17-8-9-18(22)20(23)19(17)14-10-15-6-7-16(11-14)24(15)12-13-4-2-1-3-5-13/h1-5,8-10,15-16H,6-7,11-12H2. The molecule has 1 fully saturated rings. The van der Waals surface area contributed by atoms with E-state index in [9.17, 15) is 13.2 Å². The van der Waals surface area contributed by atoms with E-state index in [-0.39, 0.29) is 17.6 Å². The van der Waals surface area contributed by atoms with E-state index in [1.165, 1.54) is 5.56 Å². The van der Waals surface area contributed by atoms with Crippen molar-refractivity contribution in [2.45, 2.75) is 37.9 Å². The van der Waals surface area contributed by atoms with Gasteiger partial charge < -0.3 is 0 Å². The zero-order chi connectivity index (χ0) is 16.7. The van der Waals surface area contributed by atoms with Gasteiger partial charge in [-0.2, -0.15) is 0 Å². The third kappa shape index (κ3) is 2.65. The lowest BCUT2D eigenvalue weighted by molar-refractivity contribution is 0.203. The molecule has 124 valence electrons. The lowest BCUT2D eigenvalue weighted by atomic mass is 9.93. The largest absolute Gasteiger partial charge is 0.289 e. The van der Waals surface area contributed by atoms with Crippen LogP contribution in [0, 0.1) is 17.5 Å². The molecule has 0 radical (unpaired) electrons. The zero-order valence-corrected chi connectivity index (χ0v) is 13.2. The maximum absolute atomic E-state index is 14.1. The van der Waals surface area contributed by atoms with Crippen LogP contribution in [0.25, 0.3) is 5.57 Å². The van der Waals surface area contributed by atoms with Crippen molar-refractivity contribution < 1.29 is 13.2 Å². The highest BCUT2D eigenvalue weighted by Crippen LogP contribution is 2.40. The molecular formula is C20H18F3N. The summed E-state index contributed by atoms with van der Waals surface area (Å²) < 4.78 is 41.7. The third-order valence-electron chi connectivity index (χ3n) is 5.11. The Hall–Kier alpha value is -2.07. The van der Waals surface area contributed by atoms with Crippen molar-refractivity contribution in [1.29, 1.82) is 0 Å². The van der Waals surface area contributed by atoms with Crippen LogP contribution in [0.15, 0.2) is 48.5 Å². The SMILES string of the molecule is Fc1ccc(F)c(C2=CC3CCC(C2)N3Cc2ccccc2)c1F. The number of halogens is 3. The summed E-state index contributed by atoms with van der Waals surface area (Å²) in [5.74, 6) is -2.75. The Morgan fingerprint density at radius 1 is 0.917 bits per heavy atom. The van der Waals surface area contributed by atoms with E-state index in [2.05, 4.69) is 17.0 Å². The van der Waals surface area contributed by atoms with Crippen LogP contribution in [-0.4, -0.2) is 17.0 Å². The highest BCUT2D eigenvalue weighted by molar-refractivity contribution is 5.69. The van der Waals surface area contributed by atoms with E-state index < -0.39 is 17.5 Å². The van der Waals surface area contributed by atoms with E-state index in [0.29, 0.717) is 12.0 Å². The molecule has 1 nitrogen and oxygen atoms in total. The van der Waals surface area contributed by atoms with Crippen LogP contribution < -0.4 is 0 Å². The van der Waals surface area contributed by atoms with Crippen LogP contribution in [0.4, 0.5) is 13.2 Å². The normalized spacial score (nSPS) is 23.4. The number of hydrogen-bond donors (Lipinski definition) is 0. The van der Waals surface area contributed by atoms with Crippen LogP contribution in [0.3, 0.4) is 0 Å². The molecule has 2 aliphatic heterocycles. The minimum absolute atomic E-state index is 0.154. The molecule has 2 atom stereocenters. The fourth-order valence-corrected chi connectivity index (χ4v) is 3.97. The molecule has 4 heteroatoms. The zero-order valence-electron chi connectivity index (χ0n) is 13.2. The van der Waals surface area contributed by atoms with Crippen LogP contribution in [0.1, 0.15) is 30.4 Å². The van der Waals surface area contributed by atoms with Gasteiger partial charge in [0.2, 0.25) is 0 Å². The van der Waals surface area contributed by atoms with Gasteiger partial charge in [0.15, 0.2) is 11.6 Å². The molecule has 24 heavy (non-hydrogen) atoms. The second kappa shape index (κ2) is 6.10. The fraction of sp³-hybridized carbons (Fsp3) is 0.300. The van der Waals surface area contributed by atoms with E-state index >= 15 is 0 Å². The minimum atomic E-state index is -1.07. The molecule has 0 aromatic heterocycles. The molecule has 2 bridgehead atoms. The number of fused-ring (bicyclic) bond motifs is 2. The van der Waals surface area contributed by atoms with Crippen LogP contribution in [-0.2, 0) is 6.54 Å². The molecule has 2 unspecified atom stereocenters. The quantitative estimate of drug-likeness (QED) is 0.722. The molecule has 0 amide bonds. The summed E-state index contributed by atoms with van der Waals surface area (Å²) in [6, 6.07) is 12.4. The Morgan fingerprint density at radius 2 is 1.67 bits per heavy atom. The molecule has 2 heterocycles. The van der Waals surface area contributed by atoms with Crippen molar-refractivity contribution in [1.82, 2.24) is 4.90 Å². The monoisotopic (exact) mass is 329 g/mol. The average molecular weight is 329 g/mol. The highest BCUT2D eigenvalue weighted by Gasteiger charge is 2.37. The number of hydrogen-bond acceptors (Lipinski definition) is 1. The molecule has 2 aromatic rings. The predicted octanol–water partition coefficient (Wildman–Crippen LogP) is 4.92. The van der Waals surface area contributed by atoms with Crippen LogP contribution in [0.5, 0.6) is 0 Å². The Labute approximate surface area is 139 Å². The smallest absolute Gasteiger partial charge is 0.169 e. The molecule has 1 saturated heterocycles. The van der Waals surface area contributed by atoms with E-state index in [1.54, 1.807) is 0 Å². The Bertz CT molecular complexity index is 785. The molecule has 0 saturated carbocycles. The minimum Gasteiger partial charge on any atom is -0.289 e. The van der Waals surface area contributed by atoms with E-state index in [0.717, 1.165) is 31.5 Å². The van der Waals surface area contributed by atoms with Crippen molar-refractivity contribution in [2.75, 3.05) is 0 Å². The molecule has 2 aromatic carbocycles. The van der Waals surface area contributed by atoms with Crippen molar-refractivity contribution in [3.05, 3.63) is 77.1 Å². The molecule has 0 N–H and O–H groups in total. The summed E-state index contributed by atoms with van der Waals surface area (Å²) in [6.07, 6.45) is 4.45. The van der Waals surface area contributed by atoms with E-state index in [4.69, 9.17) is 0 Å². The molecular weight excluding hydrogens is 311 g/mol. The van der Waals surface area contributed by atoms with Gasteiger partial charge in [0.05, 0.1) is 5.56 Å². The predicted molar refractivity (Wildman–Crippen MR) is 87.7 cm³/mol. The van der Waals surface area contributed by atoms with Crippen molar-refractivity contribution >= 4 is 5.57 Å². The van der Waals surface area contributed by atoms with Gasteiger partial charge in [-0.05, 0) is 42.5 Å². The van der Waals surface area contributed by atoms with Crippen molar-refractivity contribution in [3.8, 4) is 0 Å². The summed E-state index contributed by atoms with van der Waals surface area (Å²) in [6.45, 7) is 0.827. The number of benzene rings is 2. The Morgan fingerprint density at radius 3 is 2.42 bits per heavy atom. The summed E-state index contributed by atoms with van der Waals surface area (Å²) in [4.78, 5) is 2.38. The van der Waals surface area contributed by atoms with Gasteiger partial charge in [-0.1, -0.05) is 36.4 Å². The highest BCUT2D eigenvalue weighted by atomic mass is 19.2. The topological polar surface area (TPSA) is 3.24 Å². The van der Waals surface area contributed by atoms with E-state index in [1.807, 2.05) is 24.3 Å². The first kappa shape index (κ1) is 15.5. The van der Waals surface area contributed by atoms with Crippen LogP contribution >= 0.6 is 0 Å². The molecule has 0 spiro atoms. The lowest BCUT2D eigenvalue weighted by Gasteiger charge is -2.34. The fourth-order valence-electron chi connectivity index (χ4n) is 3.97. The van der Waals surface area contributed by atoms with Crippen molar-refractivity contribution in [2.24, 2.45) is 0 Å². The summed E-state index contributed by atoms with van der Waals surface area (Å²) >= 11 is 0. The summed E-state index contributed by atoms with van der Waals surface area (Å²) in [7, 11) is 0. The third-order valence-corrected chi connectivity index (χ3v) is 5.11. The second-order valence-electron chi connectivity index (χ2n) is 6.57. The molecule has 4 rings (SSSR count).